The largest absolute Gasteiger partial charge is 0.478 e. The van der Waals surface area contributed by atoms with Gasteiger partial charge in [0.15, 0.2) is 5.11 Å². The summed E-state index contributed by atoms with van der Waals surface area (Å²) in [5.41, 5.74) is 0.508. The van der Waals surface area contributed by atoms with Crippen LogP contribution in [0, 0.1) is 5.92 Å². The molecule has 1 aromatic rings. The van der Waals surface area contributed by atoms with E-state index >= 15 is 0 Å². The zero-order valence-corrected chi connectivity index (χ0v) is 11.9. The van der Waals surface area contributed by atoms with Crippen LogP contribution < -0.4 is 10.6 Å². The summed E-state index contributed by atoms with van der Waals surface area (Å²) in [6.07, 6.45) is 0. The average molecular weight is 301 g/mol. The van der Waals surface area contributed by atoms with E-state index in [1.54, 1.807) is 13.8 Å². The number of hydrogen-bond donors (Lipinski definition) is 3. The Morgan fingerprint density at radius 1 is 1.37 bits per heavy atom. The number of amides is 1. The maximum atomic E-state index is 11.4. The fraction of sp³-hybridized carbons (Fsp3) is 0.250. The molecule has 1 rings (SSSR count). The number of rotatable bonds is 3. The number of carbonyl (C=O) groups excluding carboxylic acids is 1. The molecule has 1 amide bonds. The molecule has 0 radical (unpaired) electrons. The predicted molar refractivity (Wildman–Crippen MR) is 77.6 cm³/mol. The lowest BCUT2D eigenvalue weighted by Gasteiger charge is -2.11. The normalized spacial score (nSPS) is 10.1. The van der Waals surface area contributed by atoms with E-state index in [1.165, 1.54) is 18.2 Å². The highest BCUT2D eigenvalue weighted by Gasteiger charge is 2.11. The summed E-state index contributed by atoms with van der Waals surface area (Å²) in [5.74, 6) is -1.49. The van der Waals surface area contributed by atoms with E-state index < -0.39 is 5.97 Å². The van der Waals surface area contributed by atoms with Crippen molar-refractivity contribution < 1.29 is 14.7 Å². The topological polar surface area (TPSA) is 78.4 Å². The summed E-state index contributed by atoms with van der Waals surface area (Å²) in [7, 11) is 0. The van der Waals surface area contributed by atoms with Crippen LogP contribution in [-0.2, 0) is 4.79 Å². The third-order valence-corrected chi connectivity index (χ3v) is 2.74. The number of carbonyl (C=O) groups is 2. The van der Waals surface area contributed by atoms with Crippen LogP contribution in [-0.4, -0.2) is 22.1 Å². The highest BCUT2D eigenvalue weighted by Crippen LogP contribution is 2.20. The van der Waals surface area contributed by atoms with Gasteiger partial charge >= 0.3 is 5.97 Å². The molecule has 3 N–H and O–H groups in total. The van der Waals surface area contributed by atoms with Crippen molar-refractivity contribution in [2.75, 3.05) is 5.32 Å². The number of halogens is 1. The number of thiocarbonyl (C=S) groups is 1. The van der Waals surface area contributed by atoms with Crippen LogP contribution in [0.4, 0.5) is 5.69 Å². The summed E-state index contributed by atoms with van der Waals surface area (Å²) < 4.78 is 0. The van der Waals surface area contributed by atoms with Gasteiger partial charge in [-0.3, -0.25) is 4.79 Å². The molecule has 0 bridgehead atoms. The number of aromatic carboxylic acids is 1. The molecule has 0 atom stereocenters. The minimum atomic E-state index is -1.10. The summed E-state index contributed by atoms with van der Waals surface area (Å²) in [6.45, 7) is 3.49. The molecule has 0 heterocycles. The summed E-state index contributed by atoms with van der Waals surface area (Å²) >= 11 is 10.8. The molecule has 102 valence electrons. The fourth-order valence-corrected chi connectivity index (χ4v) is 1.66. The second-order valence-electron chi connectivity index (χ2n) is 4.10. The Labute approximate surface area is 121 Å². The smallest absolute Gasteiger partial charge is 0.337 e. The maximum Gasteiger partial charge on any atom is 0.337 e. The van der Waals surface area contributed by atoms with Crippen LogP contribution in [0.15, 0.2) is 18.2 Å². The van der Waals surface area contributed by atoms with Gasteiger partial charge in [0.2, 0.25) is 5.91 Å². The molecule has 0 saturated carbocycles. The first-order valence-electron chi connectivity index (χ1n) is 5.46. The highest BCUT2D eigenvalue weighted by atomic mass is 35.5. The van der Waals surface area contributed by atoms with Gasteiger partial charge in [-0.05, 0) is 30.4 Å². The molecule has 7 heteroatoms. The quantitative estimate of drug-likeness (QED) is 0.748. The molecule has 0 aliphatic rings. The maximum absolute atomic E-state index is 11.4. The van der Waals surface area contributed by atoms with E-state index in [4.69, 9.17) is 28.9 Å². The Balaban J connectivity index is 2.73. The second-order valence-corrected chi connectivity index (χ2v) is 4.91. The second kappa shape index (κ2) is 6.49. The first-order chi connectivity index (χ1) is 8.81. The van der Waals surface area contributed by atoms with Crippen molar-refractivity contribution in [1.29, 1.82) is 0 Å². The van der Waals surface area contributed by atoms with Crippen molar-refractivity contribution in [3.8, 4) is 0 Å². The van der Waals surface area contributed by atoms with Gasteiger partial charge in [0.25, 0.3) is 0 Å². The Morgan fingerprint density at radius 2 is 2.00 bits per heavy atom. The van der Waals surface area contributed by atoms with E-state index in [9.17, 15) is 9.59 Å². The van der Waals surface area contributed by atoms with Crippen LogP contribution in [0.25, 0.3) is 0 Å². The van der Waals surface area contributed by atoms with Gasteiger partial charge in [-0.15, -0.1) is 0 Å². The van der Waals surface area contributed by atoms with Gasteiger partial charge in [-0.25, -0.2) is 4.79 Å². The van der Waals surface area contributed by atoms with Gasteiger partial charge in [0.1, 0.15) is 0 Å². The highest BCUT2D eigenvalue weighted by molar-refractivity contribution is 7.80. The molecule has 1 aromatic carbocycles. The number of hydrogen-bond acceptors (Lipinski definition) is 3. The molecule has 0 saturated heterocycles. The van der Waals surface area contributed by atoms with Crippen LogP contribution in [0.5, 0.6) is 0 Å². The summed E-state index contributed by atoms with van der Waals surface area (Å²) in [4.78, 5) is 22.2. The molecule has 19 heavy (non-hydrogen) atoms. The van der Waals surface area contributed by atoms with Gasteiger partial charge in [-0.2, -0.15) is 0 Å². The minimum Gasteiger partial charge on any atom is -0.478 e. The van der Waals surface area contributed by atoms with Gasteiger partial charge < -0.3 is 15.7 Å². The van der Waals surface area contributed by atoms with E-state index in [2.05, 4.69) is 10.6 Å². The van der Waals surface area contributed by atoms with Gasteiger partial charge in [0.05, 0.1) is 10.6 Å². The molecular formula is C12H13ClN2O3S. The zero-order valence-electron chi connectivity index (χ0n) is 10.4. The standard InChI is InChI=1S/C12H13ClN2O3S/c1-6(2)10(16)15-12(19)14-7-3-4-8(11(17)18)9(13)5-7/h3-6H,1-2H3,(H,17,18)(H2,14,15,16,19). The number of anilines is 1. The van der Waals surface area contributed by atoms with Crippen LogP contribution in [0.3, 0.4) is 0 Å². The van der Waals surface area contributed by atoms with E-state index in [-0.39, 0.29) is 27.5 Å². The molecule has 0 aromatic heterocycles. The first-order valence-corrected chi connectivity index (χ1v) is 6.24. The van der Waals surface area contributed by atoms with Crippen molar-refractivity contribution in [2.45, 2.75) is 13.8 Å². The monoisotopic (exact) mass is 300 g/mol. The number of carboxylic acids is 1. The molecule has 0 unspecified atom stereocenters. The van der Waals surface area contributed by atoms with E-state index in [0.29, 0.717) is 5.69 Å². The number of carboxylic acid groups (broad SMARTS) is 1. The van der Waals surface area contributed by atoms with Crippen molar-refractivity contribution >= 4 is 46.5 Å². The lowest BCUT2D eigenvalue weighted by molar-refractivity contribution is -0.122. The third kappa shape index (κ3) is 4.50. The lowest BCUT2D eigenvalue weighted by atomic mass is 10.2. The van der Waals surface area contributed by atoms with Crippen LogP contribution in [0.2, 0.25) is 5.02 Å². The Bertz CT molecular complexity index is 532. The summed E-state index contributed by atoms with van der Waals surface area (Å²) in [5, 5.41) is 14.3. The molecule has 0 aliphatic carbocycles. The molecule has 0 spiro atoms. The van der Waals surface area contributed by atoms with Gasteiger partial charge in [0, 0.05) is 11.6 Å². The Morgan fingerprint density at radius 3 is 2.47 bits per heavy atom. The van der Waals surface area contributed by atoms with Gasteiger partial charge in [-0.1, -0.05) is 25.4 Å². The minimum absolute atomic E-state index is 0.00403. The lowest BCUT2D eigenvalue weighted by Crippen LogP contribution is -2.36. The predicted octanol–water partition coefficient (Wildman–Crippen LogP) is 2.51. The van der Waals surface area contributed by atoms with E-state index in [0.717, 1.165) is 0 Å². The molecule has 0 fully saturated rings. The van der Waals surface area contributed by atoms with Crippen molar-refractivity contribution in [3.63, 3.8) is 0 Å². The molecular weight excluding hydrogens is 288 g/mol. The molecule has 0 aliphatic heterocycles. The Hall–Kier alpha value is -1.66. The van der Waals surface area contributed by atoms with Crippen LogP contribution >= 0.6 is 23.8 Å². The van der Waals surface area contributed by atoms with E-state index in [1.807, 2.05) is 0 Å². The van der Waals surface area contributed by atoms with Crippen LogP contribution in [0.1, 0.15) is 24.2 Å². The fourth-order valence-electron chi connectivity index (χ4n) is 1.18. The zero-order chi connectivity index (χ0) is 14.6. The first kappa shape index (κ1) is 15.4. The number of benzene rings is 1. The molecule has 5 nitrogen and oxygen atoms in total. The SMILES string of the molecule is CC(C)C(=O)NC(=S)Nc1ccc(C(=O)O)c(Cl)c1. The third-order valence-electron chi connectivity index (χ3n) is 2.22. The van der Waals surface area contributed by atoms with Crippen molar-refractivity contribution in [1.82, 2.24) is 5.32 Å². The Kier molecular flexibility index (Phi) is 5.26. The number of nitrogens with one attached hydrogen (secondary N) is 2. The summed E-state index contributed by atoms with van der Waals surface area (Å²) in [6, 6.07) is 4.31. The van der Waals surface area contributed by atoms with Crippen molar-refractivity contribution in [2.24, 2.45) is 5.92 Å². The van der Waals surface area contributed by atoms with Crippen molar-refractivity contribution in [3.05, 3.63) is 28.8 Å². The average Bonchev–Trinajstić information content (AvgIpc) is 2.27.